The van der Waals surface area contributed by atoms with Crippen molar-refractivity contribution in [1.82, 2.24) is 4.72 Å². The second kappa shape index (κ2) is 7.21. The molecule has 2 aromatic rings. The van der Waals surface area contributed by atoms with Crippen molar-refractivity contribution in [2.45, 2.75) is 10.7 Å². The summed E-state index contributed by atoms with van der Waals surface area (Å²) < 4.78 is 59.4. The van der Waals surface area contributed by atoms with Crippen LogP contribution in [0.25, 0.3) is 0 Å². The fourth-order valence-corrected chi connectivity index (χ4v) is 3.98. The molecule has 0 amide bonds. The molecule has 0 unspecified atom stereocenters. The summed E-state index contributed by atoms with van der Waals surface area (Å²) in [5, 5.41) is 0.158. The lowest BCUT2D eigenvalue weighted by atomic mass is 10.3. The van der Waals surface area contributed by atoms with Crippen LogP contribution in [0, 0.1) is 5.82 Å². The monoisotopic (exact) mass is 429 g/mol. The normalized spacial score (nSPS) is 12.5. The van der Waals surface area contributed by atoms with E-state index < -0.39 is 21.7 Å². The van der Waals surface area contributed by atoms with Gasteiger partial charge in [-0.3, -0.25) is 8.93 Å². The van der Waals surface area contributed by atoms with Crippen LogP contribution in [0.2, 0.25) is 5.02 Å². The third-order valence-electron chi connectivity index (χ3n) is 2.97. The van der Waals surface area contributed by atoms with Gasteiger partial charge in [-0.2, -0.15) is 8.78 Å². The SMILES string of the molecule is CN[SH](=O)(c1ccc(Oc2cc(F)cc(Cl)c2)c(Br)c1)C(F)F. The Bertz CT molecular complexity index is 755. The van der Waals surface area contributed by atoms with Gasteiger partial charge >= 0.3 is 5.76 Å². The van der Waals surface area contributed by atoms with Crippen LogP contribution in [0.1, 0.15) is 0 Å². The molecule has 0 saturated carbocycles. The number of thiol groups is 1. The molecule has 2 aromatic carbocycles. The first-order valence-corrected chi connectivity index (χ1v) is 9.22. The van der Waals surface area contributed by atoms with Gasteiger partial charge in [-0.05, 0) is 53.3 Å². The van der Waals surface area contributed by atoms with Gasteiger partial charge in [0.05, 0.1) is 4.47 Å². The molecule has 2 rings (SSSR count). The molecular formula is C14H12BrClF3NO2S. The number of ether oxygens (including phenoxy) is 1. The average Bonchev–Trinajstić information content (AvgIpc) is 2.47. The smallest absolute Gasteiger partial charge is 0.305 e. The van der Waals surface area contributed by atoms with Gasteiger partial charge in [0.25, 0.3) is 0 Å². The van der Waals surface area contributed by atoms with E-state index in [9.17, 15) is 17.4 Å². The van der Waals surface area contributed by atoms with Crippen molar-refractivity contribution in [2.75, 3.05) is 7.05 Å². The molecule has 0 atom stereocenters. The van der Waals surface area contributed by atoms with Crippen LogP contribution in [-0.4, -0.2) is 17.0 Å². The number of alkyl halides is 2. The Morgan fingerprint density at radius 2 is 1.96 bits per heavy atom. The molecule has 126 valence electrons. The number of nitrogens with one attached hydrogen (secondary N) is 1. The summed E-state index contributed by atoms with van der Waals surface area (Å²) in [6.45, 7) is 0. The highest BCUT2D eigenvalue weighted by atomic mass is 79.9. The van der Waals surface area contributed by atoms with Crippen molar-refractivity contribution < 1.29 is 22.1 Å². The lowest BCUT2D eigenvalue weighted by Gasteiger charge is -2.23. The molecule has 3 nitrogen and oxygen atoms in total. The lowest BCUT2D eigenvalue weighted by Crippen LogP contribution is -2.34. The number of halogens is 5. The molecular weight excluding hydrogens is 419 g/mol. The van der Waals surface area contributed by atoms with E-state index in [0.717, 1.165) is 12.1 Å². The first kappa shape index (κ1) is 18.3. The molecule has 0 bridgehead atoms. The minimum atomic E-state index is -4.02. The van der Waals surface area contributed by atoms with E-state index in [1.54, 1.807) is 0 Å². The quantitative estimate of drug-likeness (QED) is 0.671. The standard InChI is InChI=1S/C14H12BrClF3NO2S/c1-20-23(21,14(18)19)11-2-3-13(12(15)7-11)22-10-5-8(16)4-9(17)6-10/h2-7,14,23H,1H3,(H,20,21). The van der Waals surface area contributed by atoms with E-state index in [0.29, 0.717) is 4.47 Å². The maximum absolute atomic E-state index is 13.3. The maximum Gasteiger partial charge on any atom is 0.305 e. The Balaban J connectivity index is 2.35. The van der Waals surface area contributed by atoms with E-state index >= 15 is 0 Å². The van der Waals surface area contributed by atoms with Crippen LogP contribution in [0.5, 0.6) is 11.5 Å². The molecule has 0 spiro atoms. The van der Waals surface area contributed by atoms with Crippen molar-refractivity contribution >= 4 is 37.6 Å². The molecule has 23 heavy (non-hydrogen) atoms. The molecule has 0 aliphatic heterocycles. The molecule has 9 heteroatoms. The topological polar surface area (TPSA) is 38.3 Å². The summed E-state index contributed by atoms with van der Waals surface area (Å²) in [4.78, 5) is -0.0495. The van der Waals surface area contributed by atoms with Crippen molar-refractivity contribution in [3.63, 3.8) is 0 Å². The van der Waals surface area contributed by atoms with E-state index in [2.05, 4.69) is 20.7 Å². The number of rotatable bonds is 5. The van der Waals surface area contributed by atoms with Crippen molar-refractivity contribution in [3.05, 3.63) is 51.7 Å². The Morgan fingerprint density at radius 3 is 2.48 bits per heavy atom. The Hall–Kier alpha value is -1.09. The number of benzene rings is 2. The summed E-state index contributed by atoms with van der Waals surface area (Å²) >= 11 is 8.90. The zero-order valence-corrected chi connectivity index (χ0v) is 14.9. The average molecular weight is 431 g/mol. The van der Waals surface area contributed by atoms with Crippen LogP contribution < -0.4 is 9.46 Å². The number of hydrogen-bond donors (Lipinski definition) is 2. The Morgan fingerprint density at radius 1 is 1.26 bits per heavy atom. The largest absolute Gasteiger partial charge is 0.456 e. The first-order valence-electron chi connectivity index (χ1n) is 6.27. The van der Waals surface area contributed by atoms with Gasteiger partial charge in [0.15, 0.2) is 0 Å². The summed E-state index contributed by atoms with van der Waals surface area (Å²) in [5.41, 5.74) is 0. The Kier molecular flexibility index (Phi) is 5.72. The van der Waals surface area contributed by atoms with Gasteiger partial charge in [-0.15, -0.1) is 0 Å². The fourth-order valence-electron chi connectivity index (χ4n) is 1.83. The van der Waals surface area contributed by atoms with Gasteiger partial charge in [0.1, 0.15) is 17.3 Å². The zero-order chi connectivity index (χ0) is 17.2. The van der Waals surface area contributed by atoms with Crippen LogP contribution >= 0.6 is 27.5 Å². The number of hydrogen-bond acceptors (Lipinski definition) is 2. The molecule has 0 fully saturated rings. The minimum absolute atomic E-state index is 0.0495. The van der Waals surface area contributed by atoms with Crippen LogP contribution in [0.4, 0.5) is 13.2 Å². The van der Waals surface area contributed by atoms with Crippen molar-refractivity contribution in [3.8, 4) is 11.5 Å². The van der Waals surface area contributed by atoms with Gasteiger partial charge < -0.3 is 4.74 Å². The second-order valence-corrected chi connectivity index (χ2v) is 8.44. The highest BCUT2D eigenvalue weighted by Gasteiger charge is 2.27. The highest BCUT2D eigenvalue weighted by molar-refractivity contribution is 9.10. The second-order valence-electron chi connectivity index (χ2n) is 4.48. The molecule has 0 radical (unpaired) electrons. The summed E-state index contributed by atoms with van der Waals surface area (Å²) in [5.74, 6) is -3.22. The molecule has 0 aliphatic rings. The lowest BCUT2D eigenvalue weighted by molar-refractivity contribution is 0.238. The van der Waals surface area contributed by atoms with Gasteiger partial charge in [-0.1, -0.05) is 11.6 Å². The van der Waals surface area contributed by atoms with Crippen molar-refractivity contribution in [2.24, 2.45) is 0 Å². The summed E-state index contributed by atoms with van der Waals surface area (Å²) in [6.07, 6.45) is 0. The molecule has 0 heterocycles. The van der Waals surface area contributed by atoms with Crippen LogP contribution in [0.3, 0.4) is 0 Å². The summed E-state index contributed by atoms with van der Waals surface area (Å²) in [6, 6.07) is 7.57. The van der Waals surface area contributed by atoms with Gasteiger partial charge in [-0.25, -0.2) is 4.39 Å². The highest BCUT2D eigenvalue weighted by Crippen LogP contribution is 2.35. The van der Waals surface area contributed by atoms with Gasteiger partial charge in [0, 0.05) is 26.1 Å². The van der Waals surface area contributed by atoms with Crippen LogP contribution in [0.15, 0.2) is 45.8 Å². The fraction of sp³-hybridized carbons (Fsp3) is 0.143. The first-order chi connectivity index (χ1) is 10.8. The molecule has 1 N–H and O–H groups in total. The van der Waals surface area contributed by atoms with Crippen molar-refractivity contribution in [1.29, 1.82) is 0 Å². The molecule has 0 aliphatic carbocycles. The zero-order valence-electron chi connectivity index (χ0n) is 11.7. The van der Waals surface area contributed by atoms with E-state index in [-0.39, 0.29) is 21.4 Å². The molecule has 0 aromatic heterocycles. The minimum Gasteiger partial charge on any atom is -0.456 e. The van der Waals surface area contributed by atoms with Gasteiger partial charge in [0.2, 0.25) is 0 Å². The third kappa shape index (κ3) is 4.06. The van der Waals surface area contributed by atoms with E-state index in [1.165, 1.54) is 31.3 Å². The Labute approximate surface area is 145 Å². The van der Waals surface area contributed by atoms with E-state index in [4.69, 9.17) is 16.3 Å². The third-order valence-corrected chi connectivity index (χ3v) is 6.07. The maximum atomic E-state index is 13.3. The predicted octanol–water partition coefficient (Wildman–Crippen LogP) is 4.77. The predicted molar refractivity (Wildman–Crippen MR) is 88.5 cm³/mol. The summed E-state index contributed by atoms with van der Waals surface area (Å²) in [7, 11) is -2.81. The van der Waals surface area contributed by atoms with Crippen LogP contribution in [-0.2, 0) is 10.1 Å². The van der Waals surface area contributed by atoms with E-state index in [1.807, 2.05) is 0 Å². The molecule has 0 saturated heterocycles.